The van der Waals surface area contributed by atoms with E-state index < -0.39 is 0 Å². The summed E-state index contributed by atoms with van der Waals surface area (Å²) >= 11 is 7.00. The van der Waals surface area contributed by atoms with Gasteiger partial charge in [-0.3, -0.25) is 9.78 Å². The summed E-state index contributed by atoms with van der Waals surface area (Å²) in [6.45, 7) is 0.713. The first-order valence-electron chi connectivity index (χ1n) is 5.64. The van der Waals surface area contributed by atoms with E-state index in [4.69, 9.17) is 0 Å². The maximum absolute atomic E-state index is 12.0. The van der Waals surface area contributed by atoms with Crippen LogP contribution in [0, 0.1) is 0 Å². The molecule has 3 rings (SSSR count). The van der Waals surface area contributed by atoms with Crippen molar-refractivity contribution < 1.29 is 4.79 Å². The van der Waals surface area contributed by atoms with Crippen LogP contribution in [0.1, 0.15) is 6.42 Å². The van der Waals surface area contributed by atoms with Crippen LogP contribution in [0.3, 0.4) is 0 Å². The highest BCUT2D eigenvalue weighted by Crippen LogP contribution is 2.34. The van der Waals surface area contributed by atoms with Gasteiger partial charge in [-0.25, -0.2) is 0 Å². The molecule has 2 heterocycles. The molecule has 1 aromatic carbocycles. The van der Waals surface area contributed by atoms with Crippen LogP contribution in [0.4, 0.5) is 5.69 Å². The van der Waals surface area contributed by atoms with Crippen LogP contribution in [0.2, 0.25) is 0 Å². The Morgan fingerprint density at radius 1 is 1.33 bits per heavy atom. The van der Waals surface area contributed by atoms with Gasteiger partial charge in [-0.15, -0.1) is 0 Å². The SMILES string of the molecule is O=C1CC(Br)CN1c1ccc(Br)c2ncccc12. The Kier molecular flexibility index (Phi) is 3.11. The van der Waals surface area contributed by atoms with Gasteiger partial charge < -0.3 is 4.90 Å². The van der Waals surface area contributed by atoms with Crippen molar-refractivity contribution in [2.45, 2.75) is 11.2 Å². The lowest BCUT2D eigenvalue weighted by atomic mass is 10.1. The molecule has 1 fully saturated rings. The molecule has 1 saturated heterocycles. The van der Waals surface area contributed by atoms with Crippen molar-refractivity contribution in [3.05, 3.63) is 34.9 Å². The molecular weight excluding hydrogens is 360 g/mol. The summed E-state index contributed by atoms with van der Waals surface area (Å²) in [5, 5.41) is 1.00. The standard InChI is InChI=1S/C13H10Br2N2O/c14-8-6-12(18)17(7-8)11-4-3-10(15)13-9(11)2-1-5-16-13/h1-5,8H,6-7H2. The van der Waals surface area contributed by atoms with E-state index in [1.54, 1.807) is 6.20 Å². The third kappa shape index (κ3) is 1.95. The summed E-state index contributed by atoms with van der Waals surface area (Å²) in [4.78, 5) is 18.4. The third-order valence-electron chi connectivity index (χ3n) is 3.07. The zero-order valence-corrected chi connectivity index (χ0v) is 12.6. The summed E-state index contributed by atoms with van der Waals surface area (Å²) in [6, 6.07) is 7.80. The number of nitrogens with zero attached hydrogens (tertiary/aromatic N) is 2. The van der Waals surface area contributed by atoms with Gasteiger partial charge >= 0.3 is 0 Å². The first-order valence-corrected chi connectivity index (χ1v) is 7.35. The smallest absolute Gasteiger partial charge is 0.228 e. The summed E-state index contributed by atoms with van der Waals surface area (Å²) in [5.41, 5.74) is 1.83. The molecule has 1 amide bonds. The number of anilines is 1. The van der Waals surface area contributed by atoms with Crippen molar-refractivity contribution in [2.24, 2.45) is 0 Å². The number of pyridine rings is 1. The predicted octanol–water partition coefficient (Wildman–Crippen LogP) is 3.50. The fourth-order valence-electron chi connectivity index (χ4n) is 2.26. The number of carbonyl (C=O) groups excluding carboxylic acids is 1. The van der Waals surface area contributed by atoms with Gasteiger partial charge in [0.2, 0.25) is 5.91 Å². The van der Waals surface area contributed by atoms with Gasteiger partial charge in [0.15, 0.2) is 0 Å². The highest BCUT2D eigenvalue weighted by Gasteiger charge is 2.29. The number of aromatic nitrogens is 1. The second-order valence-electron chi connectivity index (χ2n) is 4.27. The molecule has 0 aliphatic carbocycles. The largest absolute Gasteiger partial charge is 0.311 e. The summed E-state index contributed by atoms with van der Waals surface area (Å²) in [6.07, 6.45) is 2.31. The Morgan fingerprint density at radius 3 is 2.89 bits per heavy atom. The van der Waals surface area contributed by atoms with Gasteiger partial charge in [-0.1, -0.05) is 15.9 Å². The lowest BCUT2D eigenvalue weighted by Crippen LogP contribution is -2.24. The molecule has 0 N–H and O–H groups in total. The number of benzene rings is 1. The molecule has 1 aliphatic heterocycles. The Morgan fingerprint density at radius 2 is 2.17 bits per heavy atom. The topological polar surface area (TPSA) is 33.2 Å². The molecule has 18 heavy (non-hydrogen) atoms. The fourth-order valence-corrected chi connectivity index (χ4v) is 3.27. The molecule has 2 aromatic rings. The van der Waals surface area contributed by atoms with Gasteiger partial charge in [0.05, 0.1) is 11.2 Å². The first-order chi connectivity index (χ1) is 8.66. The van der Waals surface area contributed by atoms with E-state index in [1.165, 1.54) is 0 Å². The number of rotatable bonds is 1. The number of hydrogen-bond donors (Lipinski definition) is 0. The van der Waals surface area contributed by atoms with Crippen molar-refractivity contribution in [3.63, 3.8) is 0 Å². The van der Waals surface area contributed by atoms with Crippen LogP contribution in [-0.2, 0) is 4.79 Å². The molecule has 1 aliphatic rings. The third-order valence-corrected chi connectivity index (χ3v) is 4.32. The number of fused-ring (bicyclic) bond motifs is 1. The summed E-state index contributed by atoms with van der Waals surface area (Å²) in [7, 11) is 0. The Hall–Kier alpha value is -0.940. The zero-order chi connectivity index (χ0) is 12.7. The minimum atomic E-state index is 0.157. The number of alkyl halides is 1. The highest BCUT2D eigenvalue weighted by atomic mass is 79.9. The molecule has 0 bridgehead atoms. The quantitative estimate of drug-likeness (QED) is 0.721. The molecule has 1 atom stereocenters. The molecule has 0 radical (unpaired) electrons. The van der Waals surface area contributed by atoms with Crippen molar-refractivity contribution in [3.8, 4) is 0 Å². The zero-order valence-electron chi connectivity index (χ0n) is 9.44. The van der Waals surface area contributed by atoms with Crippen LogP contribution in [0.5, 0.6) is 0 Å². The molecule has 1 aromatic heterocycles. The number of amides is 1. The molecule has 1 unspecified atom stereocenters. The minimum absolute atomic E-state index is 0.157. The van der Waals surface area contributed by atoms with Crippen LogP contribution in [-0.4, -0.2) is 22.3 Å². The Labute approximate surface area is 121 Å². The fraction of sp³-hybridized carbons (Fsp3) is 0.231. The molecule has 5 heteroatoms. The lowest BCUT2D eigenvalue weighted by molar-refractivity contribution is -0.117. The average Bonchev–Trinajstić information content (AvgIpc) is 2.69. The molecular formula is C13H10Br2N2O. The van der Waals surface area contributed by atoms with Gasteiger partial charge in [0.1, 0.15) is 0 Å². The number of halogens is 2. The van der Waals surface area contributed by atoms with Crippen molar-refractivity contribution in [1.82, 2.24) is 4.98 Å². The Bertz CT molecular complexity index is 629. The summed E-state index contributed by atoms with van der Waals surface area (Å²) in [5.74, 6) is 0.157. The molecule has 3 nitrogen and oxygen atoms in total. The van der Waals surface area contributed by atoms with E-state index in [1.807, 2.05) is 29.2 Å². The van der Waals surface area contributed by atoms with E-state index in [-0.39, 0.29) is 10.7 Å². The van der Waals surface area contributed by atoms with Crippen LogP contribution in [0.15, 0.2) is 34.9 Å². The second-order valence-corrected chi connectivity index (χ2v) is 6.42. The van der Waals surface area contributed by atoms with Gasteiger partial charge in [0, 0.05) is 33.8 Å². The number of hydrogen-bond acceptors (Lipinski definition) is 2. The minimum Gasteiger partial charge on any atom is -0.311 e. The predicted molar refractivity (Wildman–Crippen MR) is 79.1 cm³/mol. The first kappa shape index (κ1) is 12.1. The van der Waals surface area contributed by atoms with Gasteiger partial charge in [-0.05, 0) is 40.2 Å². The van der Waals surface area contributed by atoms with Crippen molar-refractivity contribution >= 4 is 54.4 Å². The van der Waals surface area contributed by atoms with Crippen LogP contribution in [0.25, 0.3) is 10.9 Å². The lowest BCUT2D eigenvalue weighted by Gasteiger charge is -2.18. The van der Waals surface area contributed by atoms with Crippen molar-refractivity contribution in [2.75, 3.05) is 11.4 Å². The van der Waals surface area contributed by atoms with E-state index in [9.17, 15) is 4.79 Å². The van der Waals surface area contributed by atoms with Crippen molar-refractivity contribution in [1.29, 1.82) is 0 Å². The van der Waals surface area contributed by atoms with E-state index in [2.05, 4.69) is 36.8 Å². The Balaban J connectivity index is 2.18. The monoisotopic (exact) mass is 368 g/mol. The maximum Gasteiger partial charge on any atom is 0.228 e. The molecule has 92 valence electrons. The van der Waals surface area contributed by atoms with E-state index in [0.717, 1.165) is 21.1 Å². The van der Waals surface area contributed by atoms with E-state index >= 15 is 0 Å². The average molecular weight is 370 g/mol. The molecule has 0 spiro atoms. The maximum atomic E-state index is 12.0. The summed E-state index contributed by atoms with van der Waals surface area (Å²) < 4.78 is 0.948. The second kappa shape index (κ2) is 4.63. The van der Waals surface area contributed by atoms with E-state index in [0.29, 0.717) is 13.0 Å². The molecule has 0 saturated carbocycles. The normalized spacial score (nSPS) is 19.8. The highest BCUT2D eigenvalue weighted by molar-refractivity contribution is 9.10. The van der Waals surface area contributed by atoms with Crippen LogP contribution >= 0.6 is 31.9 Å². The van der Waals surface area contributed by atoms with Crippen LogP contribution < -0.4 is 4.90 Å². The van der Waals surface area contributed by atoms with Gasteiger partial charge in [0.25, 0.3) is 0 Å². The number of carbonyl (C=O) groups is 1. The van der Waals surface area contributed by atoms with Gasteiger partial charge in [-0.2, -0.15) is 0 Å².